The molecule has 0 radical (unpaired) electrons. The Morgan fingerprint density at radius 2 is 1.95 bits per heavy atom. The molecule has 1 aromatic carbocycles. The smallest absolute Gasteiger partial charge is 0.239 e. The Balaban J connectivity index is 1.69. The second-order valence-corrected chi connectivity index (χ2v) is 5.05. The Morgan fingerprint density at radius 3 is 2.57 bits per heavy atom. The number of amides is 2. The minimum absolute atomic E-state index is 0.0589. The van der Waals surface area contributed by atoms with Gasteiger partial charge >= 0.3 is 0 Å². The van der Waals surface area contributed by atoms with Crippen molar-refractivity contribution in [2.75, 3.05) is 30.3 Å². The Hall–Kier alpha value is -2.08. The fraction of sp³-hybridized carbons (Fsp3) is 0.467. The average molecular weight is 291 g/mol. The molecule has 0 aromatic heterocycles. The summed E-state index contributed by atoms with van der Waals surface area (Å²) >= 11 is 0. The summed E-state index contributed by atoms with van der Waals surface area (Å²) in [5, 5.41) is 8.57. The van der Waals surface area contributed by atoms with Crippen LogP contribution in [0.3, 0.4) is 0 Å². The monoisotopic (exact) mass is 291 g/mol. The van der Waals surface area contributed by atoms with Crippen LogP contribution in [0.4, 0.5) is 11.4 Å². The molecule has 1 fully saturated rings. The first kappa shape index (κ1) is 15.3. The van der Waals surface area contributed by atoms with Crippen molar-refractivity contribution in [2.45, 2.75) is 25.9 Å². The molecule has 2 rings (SSSR count). The Kier molecular flexibility index (Phi) is 5.57. The van der Waals surface area contributed by atoms with E-state index in [2.05, 4.69) is 16.0 Å². The lowest BCUT2D eigenvalue weighted by Crippen LogP contribution is -2.35. The fourth-order valence-corrected chi connectivity index (χ4v) is 2.15. The Morgan fingerprint density at radius 1 is 1.24 bits per heavy atom. The summed E-state index contributed by atoms with van der Waals surface area (Å²) in [7, 11) is 0. The highest BCUT2D eigenvalue weighted by molar-refractivity contribution is 5.88. The van der Waals surface area contributed by atoms with Gasteiger partial charge in [0.15, 0.2) is 0 Å². The Bertz CT molecular complexity index is 481. The molecule has 0 spiro atoms. The van der Waals surface area contributed by atoms with Gasteiger partial charge in [-0.3, -0.25) is 9.59 Å². The average Bonchev–Trinajstić information content (AvgIpc) is 2.97. The third-order valence-electron chi connectivity index (χ3n) is 3.21. The standard InChI is InChI=1S/C15H21N3O3/c1-11(19)18-13-6-4-12(5-7-13)16-10-15(20)17-9-14-3-2-8-21-14/h4-7,14,16H,2-3,8-10H2,1H3,(H,17,20)(H,18,19). The lowest BCUT2D eigenvalue weighted by atomic mass is 10.2. The summed E-state index contributed by atoms with van der Waals surface area (Å²) in [5.74, 6) is -0.166. The molecule has 114 valence electrons. The number of carbonyl (C=O) groups excluding carboxylic acids is 2. The zero-order chi connectivity index (χ0) is 15.1. The molecule has 2 amide bonds. The van der Waals surface area contributed by atoms with Gasteiger partial charge in [0.1, 0.15) is 0 Å². The van der Waals surface area contributed by atoms with E-state index in [1.54, 1.807) is 12.1 Å². The van der Waals surface area contributed by atoms with Crippen LogP contribution in [0.2, 0.25) is 0 Å². The van der Waals surface area contributed by atoms with E-state index in [1.165, 1.54) is 6.92 Å². The zero-order valence-electron chi connectivity index (χ0n) is 12.1. The maximum absolute atomic E-state index is 11.7. The van der Waals surface area contributed by atoms with Crippen LogP contribution < -0.4 is 16.0 Å². The van der Waals surface area contributed by atoms with Crippen molar-refractivity contribution >= 4 is 23.2 Å². The van der Waals surface area contributed by atoms with Gasteiger partial charge in [0.2, 0.25) is 11.8 Å². The number of anilines is 2. The molecule has 0 aliphatic carbocycles. The molecule has 3 N–H and O–H groups in total. The van der Waals surface area contributed by atoms with Gasteiger partial charge in [-0.15, -0.1) is 0 Å². The molecule has 1 atom stereocenters. The lowest BCUT2D eigenvalue weighted by Gasteiger charge is -2.12. The molecule has 1 aliphatic rings. The number of rotatable bonds is 6. The van der Waals surface area contributed by atoms with Crippen molar-refractivity contribution in [1.82, 2.24) is 5.32 Å². The highest BCUT2D eigenvalue weighted by atomic mass is 16.5. The fourth-order valence-electron chi connectivity index (χ4n) is 2.15. The summed E-state index contributed by atoms with van der Waals surface area (Å²) in [6, 6.07) is 7.21. The van der Waals surface area contributed by atoms with E-state index >= 15 is 0 Å². The van der Waals surface area contributed by atoms with Gasteiger partial charge < -0.3 is 20.7 Å². The molecule has 6 nitrogen and oxygen atoms in total. The van der Waals surface area contributed by atoms with Gasteiger partial charge in [-0.1, -0.05) is 0 Å². The van der Waals surface area contributed by atoms with Crippen LogP contribution in [0.15, 0.2) is 24.3 Å². The van der Waals surface area contributed by atoms with E-state index in [0.29, 0.717) is 6.54 Å². The first-order valence-corrected chi connectivity index (χ1v) is 7.13. The van der Waals surface area contributed by atoms with E-state index in [4.69, 9.17) is 4.74 Å². The van der Waals surface area contributed by atoms with Crippen LogP contribution in [-0.2, 0) is 14.3 Å². The Labute approximate surface area is 124 Å². The van der Waals surface area contributed by atoms with Crippen molar-refractivity contribution < 1.29 is 14.3 Å². The topological polar surface area (TPSA) is 79.5 Å². The van der Waals surface area contributed by atoms with Crippen molar-refractivity contribution in [3.63, 3.8) is 0 Å². The van der Waals surface area contributed by atoms with Gasteiger partial charge in [0.05, 0.1) is 12.6 Å². The SMILES string of the molecule is CC(=O)Nc1ccc(NCC(=O)NCC2CCCO2)cc1. The predicted molar refractivity (Wildman–Crippen MR) is 81.2 cm³/mol. The molecule has 1 aromatic rings. The van der Waals surface area contributed by atoms with Crippen LogP contribution in [-0.4, -0.2) is 37.6 Å². The first-order chi connectivity index (χ1) is 10.1. The van der Waals surface area contributed by atoms with Gasteiger partial charge in [0, 0.05) is 31.5 Å². The number of hydrogen-bond donors (Lipinski definition) is 3. The first-order valence-electron chi connectivity index (χ1n) is 7.13. The van der Waals surface area contributed by atoms with Crippen LogP contribution >= 0.6 is 0 Å². The zero-order valence-corrected chi connectivity index (χ0v) is 12.1. The van der Waals surface area contributed by atoms with E-state index < -0.39 is 0 Å². The quantitative estimate of drug-likeness (QED) is 0.739. The summed E-state index contributed by atoms with van der Waals surface area (Å²) in [4.78, 5) is 22.6. The van der Waals surface area contributed by atoms with Crippen LogP contribution in [0.25, 0.3) is 0 Å². The number of carbonyl (C=O) groups is 2. The molecule has 0 bridgehead atoms. The second kappa shape index (κ2) is 7.64. The van der Waals surface area contributed by atoms with Crippen LogP contribution in [0, 0.1) is 0 Å². The summed E-state index contributed by atoms with van der Waals surface area (Å²) in [6.07, 6.45) is 2.24. The van der Waals surface area contributed by atoms with Crippen molar-refractivity contribution in [3.8, 4) is 0 Å². The number of benzene rings is 1. The molecule has 1 saturated heterocycles. The van der Waals surface area contributed by atoms with Gasteiger partial charge in [-0.25, -0.2) is 0 Å². The van der Waals surface area contributed by atoms with Crippen molar-refractivity contribution in [3.05, 3.63) is 24.3 Å². The maximum atomic E-state index is 11.7. The van der Waals surface area contributed by atoms with Crippen molar-refractivity contribution in [1.29, 1.82) is 0 Å². The summed E-state index contributed by atoms with van der Waals surface area (Å²) in [5.41, 5.74) is 1.56. The molecule has 21 heavy (non-hydrogen) atoms. The van der Waals surface area contributed by atoms with E-state index in [9.17, 15) is 9.59 Å². The molecule has 0 saturated carbocycles. The third kappa shape index (κ3) is 5.43. The third-order valence-corrected chi connectivity index (χ3v) is 3.21. The molecule has 1 aliphatic heterocycles. The van der Waals surface area contributed by atoms with Crippen molar-refractivity contribution in [2.24, 2.45) is 0 Å². The second-order valence-electron chi connectivity index (χ2n) is 5.05. The van der Waals surface area contributed by atoms with Crippen LogP contribution in [0.5, 0.6) is 0 Å². The van der Waals surface area contributed by atoms with Gasteiger partial charge in [-0.05, 0) is 37.1 Å². The number of hydrogen-bond acceptors (Lipinski definition) is 4. The van der Waals surface area contributed by atoms with E-state index in [-0.39, 0.29) is 24.5 Å². The normalized spacial score (nSPS) is 17.3. The summed E-state index contributed by atoms with van der Waals surface area (Å²) in [6.45, 7) is 3.04. The number of nitrogens with one attached hydrogen (secondary N) is 3. The maximum Gasteiger partial charge on any atom is 0.239 e. The molecular formula is C15H21N3O3. The highest BCUT2D eigenvalue weighted by Gasteiger charge is 2.15. The number of ether oxygens (including phenoxy) is 1. The summed E-state index contributed by atoms with van der Waals surface area (Å²) < 4.78 is 5.44. The van der Waals surface area contributed by atoms with Gasteiger partial charge in [0.25, 0.3) is 0 Å². The van der Waals surface area contributed by atoms with E-state index in [1.807, 2.05) is 12.1 Å². The minimum atomic E-state index is -0.107. The van der Waals surface area contributed by atoms with Crippen LogP contribution in [0.1, 0.15) is 19.8 Å². The molecular weight excluding hydrogens is 270 g/mol. The highest BCUT2D eigenvalue weighted by Crippen LogP contribution is 2.13. The predicted octanol–water partition coefficient (Wildman–Crippen LogP) is 1.35. The van der Waals surface area contributed by atoms with E-state index in [0.717, 1.165) is 30.8 Å². The molecule has 1 unspecified atom stereocenters. The largest absolute Gasteiger partial charge is 0.376 e. The molecule has 1 heterocycles. The lowest BCUT2D eigenvalue weighted by molar-refractivity contribution is -0.120. The molecule has 6 heteroatoms. The van der Waals surface area contributed by atoms with Gasteiger partial charge in [-0.2, -0.15) is 0 Å². The minimum Gasteiger partial charge on any atom is -0.376 e.